The van der Waals surface area contributed by atoms with Crippen molar-refractivity contribution in [3.63, 3.8) is 0 Å². The van der Waals surface area contributed by atoms with Gasteiger partial charge in [0.1, 0.15) is 5.76 Å². The lowest BCUT2D eigenvalue weighted by atomic mass is 10.1. The number of anilines is 2. The summed E-state index contributed by atoms with van der Waals surface area (Å²) in [5.41, 5.74) is 10.00. The van der Waals surface area contributed by atoms with E-state index in [2.05, 4.69) is 37.2 Å². The van der Waals surface area contributed by atoms with E-state index in [-0.39, 0.29) is 11.7 Å². The fourth-order valence-corrected chi connectivity index (χ4v) is 3.88. The zero-order valence-electron chi connectivity index (χ0n) is 13.7. The minimum absolute atomic E-state index is 0.226. The quantitative estimate of drug-likeness (QED) is 0.473. The van der Waals surface area contributed by atoms with Gasteiger partial charge in [-0.15, -0.1) is 0 Å². The molecule has 1 amide bonds. The van der Waals surface area contributed by atoms with Gasteiger partial charge in [-0.25, -0.2) is 0 Å². The van der Waals surface area contributed by atoms with E-state index >= 15 is 0 Å². The van der Waals surface area contributed by atoms with E-state index < -0.39 is 0 Å². The number of carbonyl (C=O) groups is 1. The van der Waals surface area contributed by atoms with Gasteiger partial charge in [0.05, 0.1) is 11.4 Å². The first-order valence-corrected chi connectivity index (χ1v) is 9.17. The number of nitrogen functional groups attached to an aromatic ring is 1. The molecule has 6 heteroatoms. The summed E-state index contributed by atoms with van der Waals surface area (Å²) in [7, 11) is 0. The summed E-state index contributed by atoms with van der Waals surface area (Å²) < 4.78 is 7.56. The molecule has 0 saturated carbocycles. The van der Waals surface area contributed by atoms with Crippen LogP contribution < -0.4 is 11.1 Å². The van der Waals surface area contributed by atoms with E-state index in [4.69, 9.17) is 10.2 Å². The van der Waals surface area contributed by atoms with Crippen LogP contribution in [0.3, 0.4) is 0 Å². The minimum Gasteiger partial charge on any atom is -0.451 e. The first-order chi connectivity index (χ1) is 11.8. The molecule has 0 saturated heterocycles. The van der Waals surface area contributed by atoms with E-state index in [9.17, 15) is 4.79 Å². The first-order valence-electron chi connectivity index (χ1n) is 7.58. The standard InChI is InChI=1S/C19H16Br2N2O2/c1-10-7-11(2)18(15(22)8-10)23-19(24)17-6-5-16(25-17)13-4-3-12(20)9-14(13)21/h3-9H,22H2,1-2H3,(H,23,24). The number of aryl methyl sites for hydroxylation is 2. The molecule has 1 aromatic heterocycles. The van der Waals surface area contributed by atoms with E-state index in [1.165, 1.54) is 0 Å². The van der Waals surface area contributed by atoms with Crippen LogP contribution in [-0.4, -0.2) is 5.91 Å². The monoisotopic (exact) mass is 462 g/mol. The van der Waals surface area contributed by atoms with E-state index in [0.717, 1.165) is 25.6 Å². The fraction of sp³-hybridized carbons (Fsp3) is 0.105. The predicted octanol–water partition coefficient (Wildman–Crippen LogP) is 5.92. The molecule has 2 aromatic carbocycles. The summed E-state index contributed by atoms with van der Waals surface area (Å²) in [6.07, 6.45) is 0. The van der Waals surface area contributed by atoms with Crippen molar-refractivity contribution in [1.29, 1.82) is 0 Å². The summed E-state index contributed by atoms with van der Waals surface area (Å²) in [6.45, 7) is 3.87. The Hall–Kier alpha value is -2.05. The molecule has 3 N–H and O–H groups in total. The first kappa shape index (κ1) is 17.8. The number of rotatable bonds is 3. The molecule has 128 valence electrons. The van der Waals surface area contributed by atoms with Crippen molar-refractivity contribution in [1.82, 2.24) is 0 Å². The molecule has 0 fully saturated rings. The molecule has 3 aromatic rings. The van der Waals surface area contributed by atoms with Crippen molar-refractivity contribution in [2.75, 3.05) is 11.1 Å². The third-order valence-electron chi connectivity index (χ3n) is 3.78. The summed E-state index contributed by atoms with van der Waals surface area (Å²) in [6, 6.07) is 13.0. The van der Waals surface area contributed by atoms with Gasteiger partial charge in [-0.05, 0) is 77.3 Å². The Morgan fingerprint density at radius 1 is 1.08 bits per heavy atom. The highest BCUT2D eigenvalue weighted by Gasteiger charge is 2.16. The van der Waals surface area contributed by atoms with Gasteiger partial charge in [0, 0.05) is 14.5 Å². The van der Waals surface area contributed by atoms with Crippen molar-refractivity contribution in [3.8, 4) is 11.3 Å². The van der Waals surface area contributed by atoms with Crippen LogP contribution in [0.5, 0.6) is 0 Å². The van der Waals surface area contributed by atoms with Crippen molar-refractivity contribution >= 4 is 49.1 Å². The van der Waals surface area contributed by atoms with Crippen molar-refractivity contribution < 1.29 is 9.21 Å². The summed E-state index contributed by atoms with van der Waals surface area (Å²) in [5, 5.41) is 2.83. The molecule has 1 heterocycles. The van der Waals surface area contributed by atoms with Crippen LogP contribution in [0.15, 0.2) is 55.8 Å². The van der Waals surface area contributed by atoms with E-state index in [1.807, 2.05) is 44.2 Å². The number of furan rings is 1. The summed E-state index contributed by atoms with van der Waals surface area (Å²) in [5.74, 6) is 0.500. The molecule has 0 atom stereocenters. The zero-order chi connectivity index (χ0) is 18.1. The Morgan fingerprint density at radius 3 is 2.52 bits per heavy atom. The Balaban J connectivity index is 1.86. The highest BCUT2D eigenvalue weighted by atomic mass is 79.9. The molecule has 0 bridgehead atoms. The molecule has 0 radical (unpaired) electrons. The van der Waals surface area contributed by atoms with E-state index in [0.29, 0.717) is 17.1 Å². The number of hydrogen-bond acceptors (Lipinski definition) is 3. The normalized spacial score (nSPS) is 10.7. The van der Waals surface area contributed by atoms with Gasteiger partial charge in [0.25, 0.3) is 5.91 Å². The minimum atomic E-state index is -0.335. The maximum absolute atomic E-state index is 12.5. The van der Waals surface area contributed by atoms with Crippen LogP contribution in [0.25, 0.3) is 11.3 Å². The van der Waals surface area contributed by atoms with Gasteiger partial charge in [-0.1, -0.05) is 22.0 Å². The van der Waals surface area contributed by atoms with Gasteiger partial charge in [-0.3, -0.25) is 4.79 Å². The number of halogens is 2. The largest absolute Gasteiger partial charge is 0.451 e. The Bertz CT molecular complexity index is 941. The van der Waals surface area contributed by atoms with Gasteiger partial charge < -0.3 is 15.5 Å². The number of amides is 1. The molecule has 0 aliphatic carbocycles. The number of hydrogen-bond donors (Lipinski definition) is 2. The summed E-state index contributed by atoms with van der Waals surface area (Å²) >= 11 is 6.92. The van der Waals surface area contributed by atoms with Gasteiger partial charge >= 0.3 is 0 Å². The average Bonchev–Trinajstić information content (AvgIpc) is 3.00. The second-order valence-electron chi connectivity index (χ2n) is 5.79. The highest BCUT2D eigenvalue weighted by molar-refractivity contribution is 9.11. The van der Waals surface area contributed by atoms with Crippen LogP contribution in [0.4, 0.5) is 11.4 Å². The number of nitrogens with one attached hydrogen (secondary N) is 1. The molecule has 0 unspecified atom stereocenters. The SMILES string of the molecule is Cc1cc(C)c(NC(=O)c2ccc(-c3ccc(Br)cc3Br)o2)c(N)c1. The number of carbonyl (C=O) groups excluding carboxylic acids is 1. The Kier molecular flexibility index (Phi) is 5.01. The second-order valence-corrected chi connectivity index (χ2v) is 7.56. The van der Waals surface area contributed by atoms with Crippen molar-refractivity contribution in [2.45, 2.75) is 13.8 Å². The van der Waals surface area contributed by atoms with Gasteiger partial charge in [0.2, 0.25) is 0 Å². The second kappa shape index (κ2) is 7.06. The molecule has 0 spiro atoms. The lowest BCUT2D eigenvalue weighted by Crippen LogP contribution is -2.13. The molecule has 25 heavy (non-hydrogen) atoms. The van der Waals surface area contributed by atoms with E-state index in [1.54, 1.807) is 12.1 Å². The van der Waals surface area contributed by atoms with Crippen LogP contribution in [-0.2, 0) is 0 Å². The zero-order valence-corrected chi connectivity index (χ0v) is 16.9. The van der Waals surface area contributed by atoms with Crippen LogP contribution in [0.2, 0.25) is 0 Å². The topological polar surface area (TPSA) is 68.3 Å². The summed E-state index contributed by atoms with van der Waals surface area (Å²) in [4.78, 5) is 12.5. The van der Waals surface area contributed by atoms with Crippen LogP contribution >= 0.6 is 31.9 Å². The number of nitrogens with two attached hydrogens (primary N) is 1. The fourth-order valence-electron chi connectivity index (χ4n) is 2.64. The number of benzene rings is 2. The third kappa shape index (κ3) is 3.80. The molecular formula is C19H16Br2N2O2. The van der Waals surface area contributed by atoms with Crippen LogP contribution in [0, 0.1) is 13.8 Å². The molecular weight excluding hydrogens is 448 g/mol. The van der Waals surface area contributed by atoms with Crippen molar-refractivity contribution in [3.05, 3.63) is 68.3 Å². The molecule has 0 aliphatic rings. The maximum Gasteiger partial charge on any atom is 0.291 e. The molecule has 0 aliphatic heterocycles. The smallest absolute Gasteiger partial charge is 0.291 e. The molecule has 3 rings (SSSR count). The Morgan fingerprint density at radius 2 is 1.84 bits per heavy atom. The molecule has 4 nitrogen and oxygen atoms in total. The predicted molar refractivity (Wildman–Crippen MR) is 108 cm³/mol. The Labute approximate surface area is 162 Å². The average molecular weight is 464 g/mol. The maximum atomic E-state index is 12.5. The van der Waals surface area contributed by atoms with Gasteiger partial charge in [0.15, 0.2) is 5.76 Å². The van der Waals surface area contributed by atoms with Crippen LogP contribution in [0.1, 0.15) is 21.7 Å². The van der Waals surface area contributed by atoms with Crippen molar-refractivity contribution in [2.24, 2.45) is 0 Å². The van der Waals surface area contributed by atoms with Gasteiger partial charge in [-0.2, -0.15) is 0 Å². The lowest BCUT2D eigenvalue weighted by molar-refractivity contribution is 0.0997. The highest BCUT2D eigenvalue weighted by Crippen LogP contribution is 2.32. The third-order valence-corrected chi connectivity index (χ3v) is 4.92. The lowest BCUT2D eigenvalue weighted by Gasteiger charge is -2.11.